The van der Waals surface area contributed by atoms with Crippen molar-refractivity contribution in [2.75, 3.05) is 19.6 Å². The van der Waals surface area contributed by atoms with Crippen LogP contribution < -0.4 is 0 Å². The SMILES string of the molecule is CC[C@@H](C)CN1CCC[C@@H](c2[nH]ncc2-c2cccc(F)c2)C1. The quantitative estimate of drug-likeness (QED) is 0.884. The first-order valence-corrected chi connectivity index (χ1v) is 8.69. The number of H-pyrrole nitrogens is 1. The maximum absolute atomic E-state index is 13.5. The highest BCUT2D eigenvalue weighted by atomic mass is 19.1. The Kier molecular flexibility index (Phi) is 5.11. The Labute approximate surface area is 137 Å². The molecule has 1 fully saturated rings. The fourth-order valence-corrected chi connectivity index (χ4v) is 3.52. The fraction of sp³-hybridized carbons (Fsp3) is 0.526. The van der Waals surface area contributed by atoms with Gasteiger partial charge in [0.15, 0.2) is 0 Å². The van der Waals surface area contributed by atoms with E-state index in [2.05, 4.69) is 28.9 Å². The van der Waals surface area contributed by atoms with Crippen molar-refractivity contribution in [2.24, 2.45) is 5.92 Å². The lowest BCUT2D eigenvalue weighted by Gasteiger charge is -2.34. The van der Waals surface area contributed by atoms with E-state index < -0.39 is 0 Å². The van der Waals surface area contributed by atoms with Crippen molar-refractivity contribution in [2.45, 2.75) is 39.0 Å². The van der Waals surface area contributed by atoms with Gasteiger partial charge in [0.1, 0.15) is 5.82 Å². The maximum atomic E-state index is 13.5. The molecule has 3 nitrogen and oxygen atoms in total. The second-order valence-electron chi connectivity index (χ2n) is 6.82. The van der Waals surface area contributed by atoms with Gasteiger partial charge in [0.25, 0.3) is 0 Å². The molecular weight excluding hydrogens is 289 g/mol. The molecule has 1 aromatic heterocycles. The minimum absolute atomic E-state index is 0.198. The number of halogens is 1. The molecule has 1 aliphatic rings. The van der Waals surface area contributed by atoms with Crippen molar-refractivity contribution < 1.29 is 4.39 Å². The summed E-state index contributed by atoms with van der Waals surface area (Å²) in [6, 6.07) is 6.79. The summed E-state index contributed by atoms with van der Waals surface area (Å²) in [5.41, 5.74) is 3.11. The molecule has 3 rings (SSSR count). The van der Waals surface area contributed by atoms with Crippen molar-refractivity contribution >= 4 is 0 Å². The summed E-state index contributed by atoms with van der Waals surface area (Å²) in [6.07, 6.45) is 5.43. The van der Waals surface area contributed by atoms with Gasteiger partial charge in [-0.05, 0) is 43.0 Å². The van der Waals surface area contributed by atoms with Gasteiger partial charge in [0, 0.05) is 30.3 Å². The van der Waals surface area contributed by atoms with Gasteiger partial charge in [-0.3, -0.25) is 5.10 Å². The Morgan fingerprint density at radius 1 is 1.43 bits per heavy atom. The van der Waals surface area contributed by atoms with Crippen molar-refractivity contribution in [1.82, 2.24) is 15.1 Å². The van der Waals surface area contributed by atoms with Gasteiger partial charge >= 0.3 is 0 Å². The van der Waals surface area contributed by atoms with E-state index in [9.17, 15) is 4.39 Å². The Bertz CT molecular complexity index is 637. The van der Waals surface area contributed by atoms with Crippen molar-refractivity contribution in [3.05, 3.63) is 42.0 Å². The summed E-state index contributed by atoms with van der Waals surface area (Å²) in [5.74, 6) is 0.989. The second-order valence-corrected chi connectivity index (χ2v) is 6.82. The van der Waals surface area contributed by atoms with E-state index in [1.165, 1.54) is 31.9 Å². The molecule has 1 aliphatic heterocycles. The van der Waals surface area contributed by atoms with Crippen LogP contribution in [-0.2, 0) is 0 Å². The molecule has 2 atom stereocenters. The lowest BCUT2D eigenvalue weighted by molar-refractivity contribution is 0.180. The van der Waals surface area contributed by atoms with Crippen LogP contribution in [0.3, 0.4) is 0 Å². The molecular formula is C19H26FN3. The normalized spacial score (nSPS) is 20.6. The van der Waals surface area contributed by atoms with Crippen molar-refractivity contribution in [3.8, 4) is 11.1 Å². The molecule has 2 heterocycles. The molecule has 0 bridgehead atoms. The molecule has 124 valence electrons. The van der Waals surface area contributed by atoms with E-state index in [0.717, 1.165) is 35.8 Å². The minimum Gasteiger partial charge on any atom is -0.302 e. The number of benzene rings is 1. The Morgan fingerprint density at radius 2 is 2.30 bits per heavy atom. The zero-order valence-electron chi connectivity index (χ0n) is 14.1. The lowest BCUT2D eigenvalue weighted by Crippen LogP contribution is -2.37. The van der Waals surface area contributed by atoms with E-state index in [4.69, 9.17) is 0 Å². The van der Waals surface area contributed by atoms with Gasteiger partial charge in [0.05, 0.1) is 6.20 Å². The Morgan fingerprint density at radius 3 is 3.09 bits per heavy atom. The van der Waals surface area contributed by atoms with Gasteiger partial charge in [-0.1, -0.05) is 32.4 Å². The maximum Gasteiger partial charge on any atom is 0.123 e. The van der Waals surface area contributed by atoms with Crippen LogP contribution in [0.4, 0.5) is 4.39 Å². The smallest absolute Gasteiger partial charge is 0.123 e. The molecule has 0 amide bonds. The number of aromatic nitrogens is 2. The minimum atomic E-state index is -0.198. The van der Waals surface area contributed by atoms with Crippen LogP contribution in [0.1, 0.15) is 44.7 Å². The van der Waals surface area contributed by atoms with Crippen LogP contribution in [0.2, 0.25) is 0 Å². The largest absolute Gasteiger partial charge is 0.302 e. The Hall–Kier alpha value is -1.68. The van der Waals surface area contributed by atoms with E-state index in [1.807, 2.05) is 12.3 Å². The third-order valence-corrected chi connectivity index (χ3v) is 4.99. The van der Waals surface area contributed by atoms with Crippen molar-refractivity contribution in [3.63, 3.8) is 0 Å². The summed E-state index contributed by atoms with van der Waals surface area (Å²) in [7, 11) is 0. The van der Waals surface area contributed by atoms with Crippen LogP contribution in [0.5, 0.6) is 0 Å². The highest BCUT2D eigenvalue weighted by Gasteiger charge is 2.25. The van der Waals surface area contributed by atoms with Crippen LogP contribution in [-0.4, -0.2) is 34.7 Å². The molecule has 1 saturated heterocycles. The van der Waals surface area contributed by atoms with E-state index in [1.54, 1.807) is 12.1 Å². The van der Waals surface area contributed by atoms with Gasteiger partial charge in [-0.15, -0.1) is 0 Å². The number of piperidine rings is 1. The van der Waals surface area contributed by atoms with E-state index >= 15 is 0 Å². The number of aromatic amines is 1. The monoisotopic (exact) mass is 315 g/mol. The molecule has 1 aromatic carbocycles. The summed E-state index contributed by atoms with van der Waals surface area (Å²) >= 11 is 0. The number of nitrogens with one attached hydrogen (secondary N) is 1. The predicted octanol–water partition coefficient (Wildman–Crippen LogP) is 4.44. The first-order chi connectivity index (χ1) is 11.2. The number of hydrogen-bond acceptors (Lipinski definition) is 2. The molecule has 0 unspecified atom stereocenters. The summed E-state index contributed by atoms with van der Waals surface area (Å²) < 4.78 is 13.5. The Balaban J connectivity index is 1.78. The van der Waals surface area contributed by atoms with E-state index in [-0.39, 0.29) is 5.82 Å². The van der Waals surface area contributed by atoms with Crippen LogP contribution in [0.15, 0.2) is 30.5 Å². The molecule has 1 N–H and O–H groups in total. The summed E-state index contributed by atoms with van der Waals surface area (Å²) in [6.45, 7) is 7.98. The van der Waals surface area contributed by atoms with Crippen LogP contribution in [0, 0.1) is 11.7 Å². The second kappa shape index (κ2) is 7.26. The summed E-state index contributed by atoms with van der Waals surface area (Å²) in [4.78, 5) is 2.57. The third-order valence-electron chi connectivity index (χ3n) is 4.99. The summed E-state index contributed by atoms with van der Waals surface area (Å²) in [5, 5.41) is 7.42. The molecule has 0 spiro atoms. The van der Waals surface area contributed by atoms with Gasteiger partial charge in [-0.25, -0.2) is 4.39 Å². The van der Waals surface area contributed by atoms with Crippen LogP contribution >= 0.6 is 0 Å². The van der Waals surface area contributed by atoms with Crippen LogP contribution in [0.25, 0.3) is 11.1 Å². The third kappa shape index (κ3) is 3.81. The highest BCUT2D eigenvalue weighted by Crippen LogP contribution is 2.33. The molecule has 0 saturated carbocycles. The van der Waals surface area contributed by atoms with Gasteiger partial charge in [-0.2, -0.15) is 5.10 Å². The molecule has 0 aliphatic carbocycles. The standard InChI is InChI=1S/C19H26FN3/c1-3-14(2)12-23-9-5-7-16(13-23)19-18(11-21-22-19)15-6-4-8-17(20)10-15/h4,6,8,10-11,14,16H,3,5,7,9,12-13H2,1-2H3,(H,21,22)/t14-,16-/m1/s1. The topological polar surface area (TPSA) is 31.9 Å². The van der Waals surface area contributed by atoms with Crippen molar-refractivity contribution in [1.29, 1.82) is 0 Å². The number of rotatable bonds is 5. The molecule has 0 radical (unpaired) electrons. The number of nitrogens with zero attached hydrogens (tertiary/aromatic N) is 2. The number of hydrogen-bond donors (Lipinski definition) is 1. The first-order valence-electron chi connectivity index (χ1n) is 8.69. The fourth-order valence-electron chi connectivity index (χ4n) is 3.52. The zero-order chi connectivity index (χ0) is 16.2. The molecule has 2 aromatic rings. The average molecular weight is 315 g/mol. The highest BCUT2D eigenvalue weighted by molar-refractivity contribution is 5.65. The lowest BCUT2D eigenvalue weighted by atomic mass is 9.90. The predicted molar refractivity (Wildman–Crippen MR) is 91.9 cm³/mol. The molecule has 23 heavy (non-hydrogen) atoms. The van der Waals surface area contributed by atoms with Gasteiger partial charge in [0.2, 0.25) is 0 Å². The zero-order valence-corrected chi connectivity index (χ0v) is 14.1. The number of likely N-dealkylation sites (tertiary alicyclic amines) is 1. The average Bonchev–Trinajstić information content (AvgIpc) is 3.04. The van der Waals surface area contributed by atoms with E-state index in [0.29, 0.717) is 5.92 Å². The molecule has 4 heteroatoms. The first kappa shape index (κ1) is 16.2. The van der Waals surface area contributed by atoms with Gasteiger partial charge < -0.3 is 4.90 Å².